The van der Waals surface area contributed by atoms with Crippen LogP contribution in [-0.2, 0) is 0 Å². The van der Waals surface area contributed by atoms with E-state index in [9.17, 15) is 0 Å². The molecule has 0 atom stereocenters. The maximum atomic E-state index is 8.51. The summed E-state index contributed by atoms with van der Waals surface area (Å²) in [5.74, 6) is 0. The van der Waals surface area contributed by atoms with Crippen LogP contribution in [0.2, 0.25) is 0 Å². The summed E-state index contributed by atoms with van der Waals surface area (Å²) < 4.78 is 0. The molecular formula is C20H44O. The van der Waals surface area contributed by atoms with Crippen molar-refractivity contribution in [1.29, 1.82) is 0 Å². The van der Waals surface area contributed by atoms with Crippen molar-refractivity contribution in [1.82, 2.24) is 0 Å². The molecular weight excluding hydrogens is 256 g/mol. The third-order valence-electron chi connectivity index (χ3n) is 3.97. The maximum Gasteiger partial charge on any atom is 0.0431 e. The second-order valence-corrected chi connectivity index (χ2v) is 6.32. The molecule has 0 aromatic heterocycles. The lowest BCUT2D eigenvalue weighted by molar-refractivity contribution is 0.282. The monoisotopic (exact) mass is 300 g/mol. The fraction of sp³-hybridized carbons (Fsp3) is 1.00. The van der Waals surface area contributed by atoms with Gasteiger partial charge in [0.25, 0.3) is 0 Å². The van der Waals surface area contributed by atoms with Gasteiger partial charge in [-0.05, 0) is 6.42 Å². The molecule has 0 bridgehead atoms. The third-order valence-corrected chi connectivity index (χ3v) is 3.97. The molecule has 0 radical (unpaired) electrons. The van der Waals surface area contributed by atoms with Crippen molar-refractivity contribution in [3.05, 3.63) is 0 Å². The second-order valence-electron chi connectivity index (χ2n) is 6.32. The second kappa shape index (κ2) is 24.9. The van der Waals surface area contributed by atoms with Crippen LogP contribution in [0.3, 0.4) is 0 Å². The SMILES string of the molecule is CCCCCCCCCC.CCCCCCCCCCO. The summed E-state index contributed by atoms with van der Waals surface area (Å²) in [6, 6.07) is 0. The van der Waals surface area contributed by atoms with E-state index in [1.54, 1.807) is 0 Å². The average molecular weight is 301 g/mol. The van der Waals surface area contributed by atoms with Gasteiger partial charge in [-0.1, -0.05) is 117 Å². The first-order chi connectivity index (χ1) is 10.3. The Morgan fingerprint density at radius 3 is 0.857 bits per heavy atom. The molecule has 0 saturated carbocycles. The Bertz CT molecular complexity index is 129. The minimum Gasteiger partial charge on any atom is -0.396 e. The molecule has 1 N–H and O–H groups in total. The molecule has 0 aromatic carbocycles. The summed E-state index contributed by atoms with van der Waals surface area (Å²) in [5, 5.41) is 8.51. The Labute approximate surface area is 135 Å². The number of rotatable bonds is 15. The van der Waals surface area contributed by atoms with Gasteiger partial charge in [0.2, 0.25) is 0 Å². The van der Waals surface area contributed by atoms with Gasteiger partial charge in [-0.3, -0.25) is 0 Å². The molecule has 0 fully saturated rings. The van der Waals surface area contributed by atoms with E-state index in [-0.39, 0.29) is 0 Å². The summed E-state index contributed by atoms with van der Waals surface area (Å²) in [6.45, 7) is 7.15. The average Bonchev–Trinajstić information content (AvgIpc) is 2.51. The lowest BCUT2D eigenvalue weighted by Crippen LogP contribution is -1.83. The molecule has 0 aliphatic carbocycles. The van der Waals surface area contributed by atoms with Crippen LogP contribution in [0, 0.1) is 0 Å². The van der Waals surface area contributed by atoms with E-state index in [0.717, 1.165) is 6.42 Å². The normalized spacial score (nSPS) is 10.3. The molecule has 21 heavy (non-hydrogen) atoms. The van der Waals surface area contributed by atoms with Gasteiger partial charge in [0, 0.05) is 6.61 Å². The van der Waals surface area contributed by atoms with Gasteiger partial charge in [-0.15, -0.1) is 0 Å². The highest BCUT2D eigenvalue weighted by Crippen LogP contribution is 2.08. The summed E-state index contributed by atoms with van der Waals surface area (Å²) in [6.07, 6.45) is 21.8. The van der Waals surface area contributed by atoms with Crippen LogP contribution >= 0.6 is 0 Å². The standard InChI is InChI=1S/C10H22O.C10H22/c1-2-3-4-5-6-7-8-9-10-11;1-3-5-7-9-10-8-6-4-2/h11H,2-10H2,1H3;3-10H2,1-2H3. The Balaban J connectivity index is 0. The van der Waals surface area contributed by atoms with Crippen LogP contribution in [0.25, 0.3) is 0 Å². The predicted octanol–water partition coefficient (Wildman–Crippen LogP) is 7.27. The Hall–Kier alpha value is -0.0400. The fourth-order valence-electron chi connectivity index (χ4n) is 2.45. The minimum absolute atomic E-state index is 0.370. The van der Waals surface area contributed by atoms with Gasteiger partial charge in [-0.2, -0.15) is 0 Å². The zero-order valence-electron chi connectivity index (χ0n) is 15.5. The first-order valence-electron chi connectivity index (χ1n) is 9.94. The van der Waals surface area contributed by atoms with Crippen molar-refractivity contribution < 1.29 is 5.11 Å². The molecule has 1 nitrogen and oxygen atoms in total. The van der Waals surface area contributed by atoms with Gasteiger partial charge in [0.05, 0.1) is 0 Å². The van der Waals surface area contributed by atoms with E-state index >= 15 is 0 Å². The summed E-state index contributed by atoms with van der Waals surface area (Å²) in [5.41, 5.74) is 0. The lowest BCUT2D eigenvalue weighted by Gasteiger charge is -1.98. The van der Waals surface area contributed by atoms with Crippen molar-refractivity contribution in [3.8, 4) is 0 Å². The van der Waals surface area contributed by atoms with E-state index in [4.69, 9.17) is 5.11 Å². The predicted molar refractivity (Wildman–Crippen MR) is 98.0 cm³/mol. The molecule has 0 aliphatic rings. The van der Waals surface area contributed by atoms with Gasteiger partial charge in [-0.25, -0.2) is 0 Å². The number of aliphatic hydroxyl groups is 1. The number of hydrogen-bond donors (Lipinski definition) is 1. The molecule has 1 heteroatoms. The van der Waals surface area contributed by atoms with Crippen molar-refractivity contribution in [2.75, 3.05) is 6.61 Å². The van der Waals surface area contributed by atoms with Gasteiger partial charge < -0.3 is 5.11 Å². The van der Waals surface area contributed by atoms with Crippen LogP contribution < -0.4 is 0 Å². The van der Waals surface area contributed by atoms with Crippen molar-refractivity contribution in [3.63, 3.8) is 0 Å². The molecule has 0 rings (SSSR count). The van der Waals surface area contributed by atoms with Crippen molar-refractivity contribution >= 4 is 0 Å². The summed E-state index contributed by atoms with van der Waals surface area (Å²) >= 11 is 0. The van der Waals surface area contributed by atoms with Gasteiger partial charge in [0.1, 0.15) is 0 Å². The summed E-state index contributed by atoms with van der Waals surface area (Å²) in [4.78, 5) is 0. The first kappa shape index (κ1) is 23.2. The number of unbranched alkanes of at least 4 members (excludes halogenated alkanes) is 14. The molecule has 0 unspecified atom stereocenters. The van der Waals surface area contributed by atoms with Crippen LogP contribution in [0.5, 0.6) is 0 Å². The van der Waals surface area contributed by atoms with E-state index in [2.05, 4.69) is 20.8 Å². The zero-order valence-corrected chi connectivity index (χ0v) is 15.5. The number of hydrogen-bond acceptors (Lipinski definition) is 1. The Morgan fingerprint density at radius 1 is 0.381 bits per heavy atom. The smallest absolute Gasteiger partial charge is 0.0431 e. The molecule has 0 amide bonds. The maximum absolute atomic E-state index is 8.51. The van der Waals surface area contributed by atoms with E-state index in [0.29, 0.717) is 6.61 Å². The Kier molecular flexibility index (Phi) is 27.6. The number of aliphatic hydroxyl groups excluding tert-OH is 1. The van der Waals surface area contributed by atoms with E-state index < -0.39 is 0 Å². The van der Waals surface area contributed by atoms with Crippen molar-refractivity contribution in [2.24, 2.45) is 0 Å². The quantitative estimate of drug-likeness (QED) is 0.315. The fourth-order valence-corrected chi connectivity index (χ4v) is 2.45. The first-order valence-corrected chi connectivity index (χ1v) is 9.94. The van der Waals surface area contributed by atoms with Crippen molar-refractivity contribution in [2.45, 2.75) is 124 Å². The molecule has 0 aliphatic heterocycles. The van der Waals surface area contributed by atoms with E-state index in [1.807, 2.05) is 0 Å². The molecule has 0 aromatic rings. The molecule has 0 heterocycles. The van der Waals surface area contributed by atoms with Gasteiger partial charge in [0.15, 0.2) is 0 Å². The topological polar surface area (TPSA) is 20.2 Å². The zero-order chi connectivity index (χ0) is 16.0. The molecule has 130 valence electrons. The minimum atomic E-state index is 0.370. The molecule has 0 saturated heterocycles. The highest BCUT2D eigenvalue weighted by molar-refractivity contribution is 4.45. The summed E-state index contributed by atoms with van der Waals surface area (Å²) in [7, 11) is 0. The largest absolute Gasteiger partial charge is 0.396 e. The van der Waals surface area contributed by atoms with Crippen LogP contribution in [-0.4, -0.2) is 11.7 Å². The lowest BCUT2D eigenvalue weighted by atomic mass is 10.1. The molecule has 0 spiro atoms. The van der Waals surface area contributed by atoms with E-state index in [1.165, 1.54) is 96.3 Å². The van der Waals surface area contributed by atoms with Gasteiger partial charge >= 0.3 is 0 Å². The Morgan fingerprint density at radius 2 is 0.619 bits per heavy atom. The van der Waals surface area contributed by atoms with Crippen LogP contribution in [0.4, 0.5) is 0 Å². The highest BCUT2D eigenvalue weighted by atomic mass is 16.2. The van der Waals surface area contributed by atoms with Crippen LogP contribution in [0.15, 0.2) is 0 Å². The van der Waals surface area contributed by atoms with Crippen LogP contribution in [0.1, 0.15) is 124 Å². The highest BCUT2D eigenvalue weighted by Gasteiger charge is 1.89. The third kappa shape index (κ3) is 28.8.